The number of thioether (sulfide) groups is 1. The maximum Gasteiger partial charge on any atom is 0.277 e. The summed E-state index contributed by atoms with van der Waals surface area (Å²) in [6.45, 7) is 4.28. The first-order chi connectivity index (χ1) is 13.0. The molecule has 9 heteroatoms. The number of amides is 1. The molecule has 27 heavy (non-hydrogen) atoms. The van der Waals surface area contributed by atoms with E-state index in [2.05, 4.69) is 20.5 Å². The molecule has 0 radical (unpaired) electrons. The van der Waals surface area contributed by atoms with Gasteiger partial charge >= 0.3 is 0 Å². The number of rotatable bonds is 7. The number of nitrogens with one attached hydrogen (secondary N) is 1. The molecule has 1 aromatic carbocycles. The highest BCUT2D eigenvalue weighted by molar-refractivity contribution is 8.00. The number of anilines is 1. The van der Waals surface area contributed by atoms with Crippen molar-refractivity contribution in [2.45, 2.75) is 24.3 Å². The van der Waals surface area contributed by atoms with Gasteiger partial charge in [-0.05, 0) is 50.2 Å². The summed E-state index contributed by atoms with van der Waals surface area (Å²) < 4.78 is 11.1. The quantitative estimate of drug-likeness (QED) is 0.587. The molecule has 0 aliphatic rings. The fraction of sp³-hybridized carbons (Fsp3) is 0.222. The second kappa shape index (κ2) is 8.88. The van der Waals surface area contributed by atoms with Crippen LogP contribution in [0.15, 0.2) is 52.2 Å². The van der Waals surface area contributed by atoms with Crippen LogP contribution in [0.5, 0.6) is 5.75 Å². The molecule has 1 N–H and O–H groups in total. The summed E-state index contributed by atoms with van der Waals surface area (Å²) >= 11 is 6.95. The van der Waals surface area contributed by atoms with Crippen LogP contribution in [0, 0.1) is 0 Å². The molecule has 7 nitrogen and oxygen atoms in total. The van der Waals surface area contributed by atoms with Gasteiger partial charge in [-0.1, -0.05) is 23.4 Å². The Morgan fingerprint density at radius 3 is 2.70 bits per heavy atom. The average molecular weight is 405 g/mol. The minimum Gasteiger partial charge on any atom is -0.494 e. The van der Waals surface area contributed by atoms with E-state index in [9.17, 15) is 4.79 Å². The maximum absolute atomic E-state index is 12.3. The smallest absolute Gasteiger partial charge is 0.277 e. The van der Waals surface area contributed by atoms with E-state index in [1.807, 2.05) is 31.2 Å². The third-order valence-corrected chi connectivity index (χ3v) is 4.60. The van der Waals surface area contributed by atoms with Crippen LogP contribution >= 0.6 is 23.4 Å². The van der Waals surface area contributed by atoms with E-state index in [1.165, 1.54) is 18.0 Å². The second-order valence-corrected chi connectivity index (χ2v) is 7.17. The molecule has 0 fully saturated rings. The van der Waals surface area contributed by atoms with E-state index in [0.29, 0.717) is 28.6 Å². The molecule has 3 aromatic rings. The molecule has 0 saturated carbocycles. The van der Waals surface area contributed by atoms with Crippen molar-refractivity contribution in [3.8, 4) is 17.2 Å². The predicted molar refractivity (Wildman–Crippen MR) is 104 cm³/mol. The van der Waals surface area contributed by atoms with Crippen molar-refractivity contribution in [1.82, 2.24) is 15.2 Å². The number of hydrogen-bond acceptors (Lipinski definition) is 7. The molecule has 0 unspecified atom stereocenters. The lowest BCUT2D eigenvalue weighted by Crippen LogP contribution is -2.22. The molecule has 1 amide bonds. The highest BCUT2D eigenvalue weighted by Gasteiger charge is 2.19. The summed E-state index contributed by atoms with van der Waals surface area (Å²) in [5, 5.41) is 11.1. The summed E-state index contributed by atoms with van der Waals surface area (Å²) in [5.41, 5.74) is 0.778. The highest BCUT2D eigenvalue weighted by atomic mass is 35.5. The Balaban J connectivity index is 1.60. The van der Waals surface area contributed by atoms with Gasteiger partial charge in [-0.25, -0.2) is 4.98 Å². The van der Waals surface area contributed by atoms with Crippen LogP contribution in [0.3, 0.4) is 0 Å². The minimum atomic E-state index is -0.448. The van der Waals surface area contributed by atoms with Crippen molar-refractivity contribution >= 4 is 35.1 Å². The molecule has 0 aliphatic heterocycles. The summed E-state index contributed by atoms with van der Waals surface area (Å²) in [6, 6.07) is 10.7. The van der Waals surface area contributed by atoms with Gasteiger partial charge in [-0.3, -0.25) is 4.79 Å². The van der Waals surface area contributed by atoms with Gasteiger partial charge in [0.05, 0.1) is 16.9 Å². The van der Waals surface area contributed by atoms with Gasteiger partial charge in [0, 0.05) is 11.8 Å². The second-order valence-electron chi connectivity index (χ2n) is 5.44. The number of carbonyl (C=O) groups excluding carboxylic acids is 1. The van der Waals surface area contributed by atoms with E-state index in [0.717, 1.165) is 11.3 Å². The van der Waals surface area contributed by atoms with Crippen molar-refractivity contribution in [1.29, 1.82) is 0 Å². The van der Waals surface area contributed by atoms with Gasteiger partial charge in [0.25, 0.3) is 5.22 Å². The zero-order valence-corrected chi connectivity index (χ0v) is 16.3. The Morgan fingerprint density at radius 1 is 1.26 bits per heavy atom. The Labute approximate surface area is 165 Å². The molecule has 0 bridgehead atoms. The van der Waals surface area contributed by atoms with Gasteiger partial charge in [-0.15, -0.1) is 10.2 Å². The first kappa shape index (κ1) is 19.2. The molecule has 0 saturated heterocycles. The van der Waals surface area contributed by atoms with E-state index in [1.54, 1.807) is 19.1 Å². The summed E-state index contributed by atoms with van der Waals surface area (Å²) in [6.07, 6.45) is 1.47. The first-order valence-corrected chi connectivity index (χ1v) is 9.46. The minimum absolute atomic E-state index is 0.226. The van der Waals surface area contributed by atoms with Crippen LogP contribution in [-0.4, -0.2) is 32.9 Å². The number of nitrogens with zero attached hydrogens (tertiary/aromatic N) is 3. The molecule has 2 heterocycles. The van der Waals surface area contributed by atoms with Crippen molar-refractivity contribution in [2.24, 2.45) is 0 Å². The average Bonchev–Trinajstić information content (AvgIpc) is 3.13. The lowest BCUT2D eigenvalue weighted by atomic mass is 10.2. The maximum atomic E-state index is 12.3. The number of benzene rings is 1. The van der Waals surface area contributed by atoms with Crippen molar-refractivity contribution in [3.05, 3.63) is 47.6 Å². The first-order valence-electron chi connectivity index (χ1n) is 8.21. The van der Waals surface area contributed by atoms with E-state index in [-0.39, 0.29) is 5.91 Å². The molecular formula is C18H17ClN4O3S. The number of carbonyl (C=O) groups is 1. The summed E-state index contributed by atoms with van der Waals surface area (Å²) in [5.74, 6) is 1.36. The third kappa shape index (κ3) is 5.21. The zero-order valence-electron chi connectivity index (χ0n) is 14.7. The topological polar surface area (TPSA) is 90.1 Å². The molecule has 1 atom stereocenters. The molecular weight excluding hydrogens is 388 g/mol. The van der Waals surface area contributed by atoms with E-state index >= 15 is 0 Å². The zero-order chi connectivity index (χ0) is 19.2. The summed E-state index contributed by atoms with van der Waals surface area (Å²) in [4.78, 5) is 16.3. The molecule has 3 rings (SSSR count). The van der Waals surface area contributed by atoms with Crippen molar-refractivity contribution in [3.63, 3.8) is 0 Å². The monoisotopic (exact) mass is 404 g/mol. The van der Waals surface area contributed by atoms with Gasteiger partial charge in [0.2, 0.25) is 11.8 Å². The Morgan fingerprint density at radius 2 is 2.04 bits per heavy atom. The lowest BCUT2D eigenvalue weighted by molar-refractivity contribution is -0.115. The molecule has 0 spiro atoms. The Kier molecular flexibility index (Phi) is 6.31. The van der Waals surface area contributed by atoms with Crippen LogP contribution in [0.25, 0.3) is 11.5 Å². The van der Waals surface area contributed by atoms with Crippen LogP contribution in [0.1, 0.15) is 13.8 Å². The Hall–Kier alpha value is -2.58. The highest BCUT2D eigenvalue weighted by Crippen LogP contribution is 2.27. The molecule has 0 aliphatic carbocycles. The van der Waals surface area contributed by atoms with Crippen LogP contribution < -0.4 is 10.1 Å². The predicted octanol–water partition coefficient (Wildman–Crippen LogP) is 4.30. The van der Waals surface area contributed by atoms with E-state index < -0.39 is 5.25 Å². The molecule has 140 valence electrons. The van der Waals surface area contributed by atoms with Gasteiger partial charge in [0.15, 0.2) is 0 Å². The number of hydrogen-bond donors (Lipinski definition) is 1. The normalized spacial score (nSPS) is 11.8. The van der Waals surface area contributed by atoms with Crippen LogP contribution in [0.2, 0.25) is 5.02 Å². The van der Waals surface area contributed by atoms with Crippen molar-refractivity contribution in [2.75, 3.05) is 11.9 Å². The van der Waals surface area contributed by atoms with Gasteiger partial charge < -0.3 is 14.5 Å². The van der Waals surface area contributed by atoms with Gasteiger partial charge in [0.1, 0.15) is 11.6 Å². The van der Waals surface area contributed by atoms with Crippen LogP contribution in [0.4, 0.5) is 5.82 Å². The fourth-order valence-corrected chi connectivity index (χ4v) is 2.91. The number of pyridine rings is 1. The van der Waals surface area contributed by atoms with Crippen molar-refractivity contribution < 1.29 is 13.9 Å². The summed E-state index contributed by atoms with van der Waals surface area (Å²) in [7, 11) is 0. The van der Waals surface area contributed by atoms with Gasteiger partial charge in [-0.2, -0.15) is 0 Å². The number of aromatic nitrogens is 3. The Bertz CT molecular complexity index is 900. The van der Waals surface area contributed by atoms with Crippen LogP contribution in [-0.2, 0) is 4.79 Å². The SMILES string of the molecule is CCOc1ccc(-c2nnc(S[C@@H](C)C(=O)Nc3ccc(Cl)cn3)o2)cc1. The van der Waals surface area contributed by atoms with E-state index in [4.69, 9.17) is 20.8 Å². The lowest BCUT2D eigenvalue weighted by Gasteiger charge is -2.09. The third-order valence-electron chi connectivity index (χ3n) is 3.44. The number of ether oxygens (including phenoxy) is 1. The molecule has 2 aromatic heterocycles. The number of halogens is 1. The standard InChI is InChI=1S/C18H17ClN4O3S/c1-3-25-14-7-4-12(5-8-14)17-22-23-18(26-17)27-11(2)16(24)21-15-9-6-13(19)10-20-15/h4-11H,3H2,1-2H3,(H,20,21,24)/t11-/m0/s1. The fourth-order valence-electron chi connectivity index (χ4n) is 2.12. The largest absolute Gasteiger partial charge is 0.494 e.